The number of rotatable bonds is 30. The van der Waals surface area contributed by atoms with Crippen LogP contribution in [0.5, 0.6) is 0 Å². The van der Waals surface area contributed by atoms with Gasteiger partial charge < -0.3 is 20.1 Å². The molecule has 2 unspecified atom stereocenters. The molecular weight excluding hydrogens is 584 g/mol. The highest BCUT2D eigenvalue weighted by atomic mass is 16.5. The van der Waals surface area contributed by atoms with Crippen molar-refractivity contribution in [1.29, 1.82) is 0 Å². The van der Waals surface area contributed by atoms with E-state index in [2.05, 4.69) is 20.4 Å². The smallest absolute Gasteiger partial charge is 0.330 e. The van der Waals surface area contributed by atoms with Gasteiger partial charge in [0.2, 0.25) is 0 Å². The average Bonchev–Trinajstić information content (AvgIpc) is 3.02. The fourth-order valence-electron chi connectivity index (χ4n) is 4.95. The maximum atomic E-state index is 11.2. The van der Waals surface area contributed by atoms with Gasteiger partial charge >= 0.3 is 23.9 Å². The zero-order valence-electron chi connectivity index (χ0n) is 28.8. The molecule has 0 aromatic carbocycles. The summed E-state index contributed by atoms with van der Waals surface area (Å²) in [6.45, 7) is 7.80. The minimum Gasteiger partial charge on any atom is -0.478 e. The molecule has 0 amide bonds. The fourth-order valence-corrected chi connectivity index (χ4v) is 4.95. The van der Waals surface area contributed by atoms with Crippen molar-refractivity contribution in [3.63, 3.8) is 0 Å². The molecule has 46 heavy (non-hydrogen) atoms. The van der Waals surface area contributed by atoms with Gasteiger partial charge in [-0.2, -0.15) is 0 Å². The highest BCUT2D eigenvalue weighted by Crippen LogP contribution is 2.16. The lowest BCUT2D eigenvalue weighted by atomic mass is 9.98. The van der Waals surface area contributed by atoms with Crippen LogP contribution in [-0.4, -0.2) is 45.3 Å². The number of aliphatic carboxylic acids is 3. The second-order valence-electron chi connectivity index (χ2n) is 11.9. The Morgan fingerprint density at radius 2 is 0.848 bits per heavy atom. The number of ether oxygens (including phenoxy) is 1. The van der Waals surface area contributed by atoms with Crippen LogP contribution in [0.15, 0.2) is 49.1 Å². The van der Waals surface area contributed by atoms with Crippen LogP contribution in [0.1, 0.15) is 155 Å². The SMILES string of the molecule is C=CC(=O)OC(/C=C/C(=O)O)CCCCCCCCCCCC.CCCCCCCCCCCCC(/C=C\C(=O)O)/C=C/C(=O)O. The molecule has 0 spiro atoms. The predicted molar refractivity (Wildman–Crippen MR) is 187 cm³/mol. The first-order valence-corrected chi connectivity index (χ1v) is 17.7. The van der Waals surface area contributed by atoms with Gasteiger partial charge in [0, 0.05) is 24.3 Å². The van der Waals surface area contributed by atoms with E-state index in [4.69, 9.17) is 20.1 Å². The van der Waals surface area contributed by atoms with E-state index >= 15 is 0 Å². The molecule has 0 aliphatic rings. The second kappa shape index (κ2) is 34.7. The third-order valence-electron chi connectivity index (χ3n) is 7.59. The zero-order chi connectivity index (χ0) is 34.7. The molecule has 8 nitrogen and oxygen atoms in total. The van der Waals surface area contributed by atoms with E-state index < -0.39 is 30.0 Å². The standard InChI is InChI=1S/2C19H32O4/c1-3-5-6-7-8-9-10-11-12-13-14-17(15-16-18(20)21)23-19(22)4-2;1-2-3-4-5-6-7-8-9-10-11-12-17(13-15-18(20)21)14-16-19(22)23/h4,15-17H,2-3,5-14H2,1H3,(H,20,21);13-17H,2-12H2,1H3,(H,20,21)(H,22,23)/b16-15+;15-13-,16-14+. The molecule has 0 saturated heterocycles. The number of carbonyl (C=O) groups is 4. The molecule has 3 N–H and O–H groups in total. The highest BCUT2D eigenvalue weighted by molar-refractivity contribution is 5.82. The van der Waals surface area contributed by atoms with E-state index in [1.165, 1.54) is 109 Å². The third-order valence-corrected chi connectivity index (χ3v) is 7.59. The van der Waals surface area contributed by atoms with Crippen molar-refractivity contribution in [2.24, 2.45) is 5.92 Å². The molecule has 2 atom stereocenters. The molecular formula is C38H64O8. The van der Waals surface area contributed by atoms with Crippen LogP contribution in [-0.2, 0) is 23.9 Å². The summed E-state index contributed by atoms with van der Waals surface area (Å²) in [5, 5.41) is 26.0. The van der Waals surface area contributed by atoms with Crippen LogP contribution in [0.2, 0.25) is 0 Å². The van der Waals surface area contributed by atoms with Crippen molar-refractivity contribution in [3.05, 3.63) is 49.1 Å². The van der Waals surface area contributed by atoms with E-state index in [0.29, 0.717) is 6.42 Å². The Morgan fingerprint density at radius 3 is 1.20 bits per heavy atom. The van der Waals surface area contributed by atoms with Gasteiger partial charge in [0.1, 0.15) is 6.10 Å². The minimum absolute atomic E-state index is 0.115. The first-order valence-electron chi connectivity index (χ1n) is 17.7. The van der Waals surface area contributed by atoms with Crippen molar-refractivity contribution in [1.82, 2.24) is 0 Å². The van der Waals surface area contributed by atoms with Crippen LogP contribution in [0.4, 0.5) is 0 Å². The van der Waals surface area contributed by atoms with E-state index in [1.807, 2.05) is 0 Å². The number of hydrogen-bond acceptors (Lipinski definition) is 5. The molecule has 264 valence electrons. The largest absolute Gasteiger partial charge is 0.478 e. The maximum absolute atomic E-state index is 11.2. The van der Waals surface area contributed by atoms with E-state index in [-0.39, 0.29) is 5.92 Å². The minimum atomic E-state index is -1.03. The molecule has 0 radical (unpaired) electrons. The molecule has 0 fully saturated rings. The van der Waals surface area contributed by atoms with Gasteiger partial charge in [-0.05, 0) is 31.3 Å². The lowest BCUT2D eigenvalue weighted by Crippen LogP contribution is -2.14. The van der Waals surface area contributed by atoms with Crippen molar-refractivity contribution >= 4 is 23.9 Å². The molecule has 0 heterocycles. The molecule has 8 heteroatoms. The van der Waals surface area contributed by atoms with Crippen LogP contribution < -0.4 is 0 Å². The number of esters is 1. The Balaban J connectivity index is 0. The summed E-state index contributed by atoms with van der Waals surface area (Å²) >= 11 is 0. The van der Waals surface area contributed by atoms with Gasteiger partial charge in [-0.3, -0.25) is 0 Å². The number of carboxylic acid groups (broad SMARTS) is 3. The second-order valence-corrected chi connectivity index (χ2v) is 11.9. The lowest BCUT2D eigenvalue weighted by Gasteiger charge is -2.12. The molecule has 0 aromatic rings. The Labute approximate surface area is 279 Å². The maximum Gasteiger partial charge on any atom is 0.330 e. The first kappa shape index (κ1) is 45.0. The van der Waals surface area contributed by atoms with Gasteiger partial charge in [-0.25, -0.2) is 19.2 Å². The highest BCUT2D eigenvalue weighted by Gasteiger charge is 2.09. The van der Waals surface area contributed by atoms with Crippen LogP contribution in [0.3, 0.4) is 0 Å². The third kappa shape index (κ3) is 37.0. The topological polar surface area (TPSA) is 138 Å². The van der Waals surface area contributed by atoms with Gasteiger partial charge in [-0.15, -0.1) is 0 Å². The summed E-state index contributed by atoms with van der Waals surface area (Å²) in [6.07, 6.45) is 34.7. The summed E-state index contributed by atoms with van der Waals surface area (Å²) in [6, 6.07) is 0. The van der Waals surface area contributed by atoms with Crippen molar-refractivity contribution in [2.45, 2.75) is 161 Å². The van der Waals surface area contributed by atoms with E-state index in [0.717, 1.165) is 56.4 Å². The van der Waals surface area contributed by atoms with Crippen molar-refractivity contribution in [3.8, 4) is 0 Å². The molecule has 0 saturated carbocycles. The lowest BCUT2D eigenvalue weighted by molar-refractivity contribution is -0.141. The number of carboxylic acids is 3. The zero-order valence-corrected chi connectivity index (χ0v) is 28.8. The number of hydrogen-bond donors (Lipinski definition) is 3. The summed E-state index contributed by atoms with van der Waals surface area (Å²) in [4.78, 5) is 42.9. The van der Waals surface area contributed by atoms with Crippen LogP contribution >= 0.6 is 0 Å². The Hall–Kier alpha value is -3.16. The van der Waals surface area contributed by atoms with Crippen molar-refractivity contribution < 1.29 is 39.2 Å². The summed E-state index contributed by atoms with van der Waals surface area (Å²) in [7, 11) is 0. The Kier molecular flexibility index (Phi) is 33.9. The van der Waals surface area contributed by atoms with Gasteiger partial charge in [0.05, 0.1) is 0 Å². The number of carbonyl (C=O) groups excluding carboxylic acids is 1. The monoisotopic (exact) mass is 648 g/mol. The van der Waals surface area contributed by atoms with E-state index in [9.17, 15) is 19.2 Å². The quantitative estimate of drug-likeness (QED) is 0.0397. The predicted octanol–water partition coefficient (Wildman–Crippen LogP) is 10.2. The molecule has 0 aromatic heterocycles. The Morgan fingerprint density at radius 1 is 0.522 bits per heavy atom. The van der Waals surface area contributed by atoms with E-state index in [1.54, 1.807) is 12.2 Å². The first-order chi connectivity index (χ1) is 22.2. The van der Waals surface area contributed by atoms with Gasteiger partial charge in [0.25, 0.3) is 0 Å². The van der Waals surface area contributed by atoms with Crippen molar-refractivity contribution in [2.75, 3.05) is 0 Å². The molecule has 0 aliphatic carbocycles. The normalized spacial score (nSPS) is 12.6. The molecule has 0 bridgehead atoms. The summed E-state index contributed by atoms with van der Waals surface area (Å²) < 4.78 is 5.13. The molecule has 0 rings (SSSR count). The Bertz CT molecular complexity index is 850. The fraction of sp³-hybridized carbons (Fsp3) is 0.684. The molecule has 0 aliphatic heterocycles. The average molecular weight is 649 g/mol. The summed E-state index contributed by atoms with van der Waals surface area (Å²) in [5.41, 5.74) is 0. The van der Waals surface area contributed by atoms with Gasteiger partial charge in [-0.1, -0.05) is 155 Å². The van der Waals surface area contributed by atoms with Gasteiger partial charge in [0.15, 0.2) is 0 Å². The number of allylic oxidation sites excluding steroid dienone is 2. The number of unbranched alkanes of at least 4 members (excludes halogenated alkanes) is 18. The van der Waals surface area contributed by atoms with Crippen LogP contribution in [0.25, 0.3) is 0 Å². The van der Waals surface area contributed by atoms with Crippen LogP contribution in [0, 0.1) is 5.92 Å². The summed E-state index contributed by atoms with van der Waals surface area (Å²) in [5.74, 6) is -3.66.